The number of rotatable bonds is 4. The van der Waals surface area contributed by atoms with Gasteiger partial charge in [0.1, 0.15) is 4.83 Å². The topological polar surface area (TPSA) is 84.3 Å². The Kier molecular flexibility index (Phi) is 4.91. The van der Waals surface area contributed by atoms with Gasteiger partial charge in [0.25, 0.3) is 5.91 Å². The maximum atomic E-state index is 12.6. The number of piperidine rings is 1. The largest absolute Gasteiger partial charge is 0.347 e. The second kappa shape index (κ2) is 6.69. The third-order valence-electron chi connectivity index (χ3n) is 4.50. The maximum absolute atomic E-state index is 12.6. The molecule has 2 aromatic heterocycles. The molecule has 7 nitrogen and oxygen atoms in total. The number of carbonyl (C=O) groups excluding carboxylic acids is 1. The van der Waals surface area contributed by atoms with E-state index < -0.39 is 10.0 Å². The lowest BCUT2D eigenvalue weighted by Crippen LogP contribution is -2.49. The fourth-order valence-electron chi connectivity index (χ4n) is 3.22. The average molecular weight is 385 g/mol. The number of aryl methyl sites for hydroxylation is 1. The summed E-state index contributed by atoms with van der Waals surface area (Å²) in [6, 6.07) is 1.75. The minimum absolute atomic E-state index is 0.142. The van der Waals surface area contributed by atoms with Crippen LogP contribution in [0.4, 0.5) is 0 Å². The molecule has 0 radical (unpaired) electrons. The van der Waals surface area contributed by atoms with Crippen LogP contribution in [0.15, 0.2) is 6.07 Å². The van der Waals surface area contributed by atoms with Crippen LogP contribution < -0.4 is 5.32 Å². The standard InChI is InChI=1S/C16H24N4O3S2/c1-10(2)14-12-8-13(24-16(12)19(3)18-14)15(21)17-11-6-5-7-20(9-11)25(4,22)23/h8,10-11H,5-7,9H2,1-4H3,(H,17,21). The van der Waals surface area contributed by atoms with Gasteiger partial charge in [-0.2, -0.15) is 5.10 Å². The van der Waals surface area contributed by atoms with Gasteiger partial charge >= 0.3 is 0 Å². The summed E-state index contributed by atoms with van der Waals surface area (Å²) in [5.74, 6) is 0.145. The quantitative estimate of drug-likeness (QED) is 0.873. The fourth-order valence-corrected chi connectivity index (χ4v) is 5.12. The molecule has 3 rings (SSSR count). The minimum atomic E-state index is -3.22. The first-order valence-electron chi connectivity index (χ1n) is 8.39. The number of hydrogen-bond donors (Lipinski definition) is 1. The maximum Gasteiger partial charge on any atom is 0.261 e. The number of hydrogen-bond acceptors (Lipinski definition) is 5. The number of aromatic nitrogens is 2. The van der Waals surface area contributed by atoms with Crippen LogP contribution in [0.2, 0.25) is 0 Å². The normalized spacial score (nSPS) is 19.6. The summed E-state index contributed by atoms with van der Waals surface area (Å²) in [5.41, 5.74) is 0.994. The van der Waals surface area contributed by atoms with E-state index in [1.807, 2.05) is 17.8 Å². The van der Waals surface area contributed by atoms with Crippen LogP contribution in [0.25, 0.3) is 10.2 Å². The fraction of sp³-hybridized carbons (Fsp3) is 0.625. The molecule has 9 heteroatoms. The van der Waals surface area contributed by atoms with E-state index in [0.717, 1.165) is 28.8 Å². The van der Waals surface area contributed by atoms with E-state index in [1.54, 1.807) is 0 Å². The van der Waals surface area contributed by atoms with E-state index >= 15 is 0 Å². The van der Waals surface area contributed by atoms with Crippen molar-refractivity contribution in [3.63, 3.8) is 0 Å². The van der Waals surface area contributed by atoms with E-state index in [-0.39, 0.29) is 17.9 Å². The summed E-state index contributed by atoms with van der Waals surface area (Å²) < 4.78 is 26.7. The molecular weight excluding hydrogens is 360 g/mol. The highest BCUT2D eigenvalue weighted by molar-refractivity contribution is 7.88. The van der Waals surface area contributed by atoms with Crippen molar-refractivity contribution in [3.05, 3.63) is 16.6 Å². The number of nitrogens with zero attached hydrogens (tertiary/aromatic N) is 3. The van der Waals surface area contributed by atoms with Crippen molar-refractivity contribution in [2.24, 2.45) is 7.05 Å². The minimum Gasteiger partial charge on any atom is -0.347 e. The first kappa shape index (κ1) is 18.3. The molecule has 3 heterocycles. The number of carbonyl (C=O) groups is 1. The van der Waals surface area contributed by atoms with Crippen molar-refractivity contribution in [1.29, 1.82) is 0 Å². The Bertz CT molecular complexity index is 898. The molecule has 0 aliphatic carbocycles. The molecule has 1 unspecified atom stereocenters. The van der Waals surface area contributed by atoms with E-state index in [1.165, 1.54) is 21.9 Å². The molecule has 1 saturated heterocycles. The Hall–Kier alpha value is -1.45. The smallest absolute Gasteiger partial charge is 0.261 e. The third-order valence-corrected chi connectivity index (χ3v) is 6.97. The summed E-state index contributed by atoms with van der Waals surface area (Å²) in [5, 5.41) is 8.54. The molecule has 25 heavy (non-hydrogen) atoms. The first-order valence-corrected chi connectivity index (χ1v) is 11.1. The number of fused-ring (bicyclic) bond motifs is 1. The lowest BCUT2D eigenvalue weighted by atomic mass is 10.1. The van der Waals surface area contributed by atoms with E-state index in [9.17, 15) is 13.2 Å². The van der Waals surface area contributed by atoms with Crippen molar-refractivity contribution < 1.29 is 13.2 Å². The second-order valence-electron chi connectivity index (χ2n) is 6.93. The number of thiophene rings is 1. The number of nitrogens with one attached hydrogen (secondary N) is 1. The lowest BCUT2D eigenvalue weighted by Gasteiger charge is -2.31. The van der Waals surface area contributed by atoms with Crippen LogP contribution in [-0.4, -0.2) is 53.8 Å². The van der Waals surface area contributed by atoms with E-state index in [2.05, 4.69) is 24.3 Å². The predicted octanol–water partition coefficient (Wildman–Crippen LogP) is 1.91. The van der Waals surface area contributed by atoms with Gasteiger partial charge in [-0.15, -0.1) is 11.3 Å². The molecule has 1 aliphatic heterocycles. The van der Waals surface area contributed by atoms with Crippen molar-refractivity contribution in [2.45, 2.75) is 38.6 Å². The lowest BCUT2D eigenvalue weighted by molar-refractivity contribution is 0.0925. The Labute approximate surface area is 152 Å². The molecule has 0 aromatic carbocycles. The summed E-state index contributed by atoms with van der Waals surface area (Å²) in [4.78, 5) is 14.3. The molecule has 0 saturated carbocycles. The summed E-state index contributed by atoms with van der Waals surface area (Å²) >= 11 is 1.42. The number of sulfonamides is 1. The van der Waals surface area contributed by atoms with Gasteiger partial charge in [0.15, 0.2) is 0 Å². The molecule has 1 fully saturated rings. The van der Waals surface area contributed by atoms with Gasteiger partial charge in [0, 0.05) is 31.6 Å². The molecule has 1 N–H and O–H groups in total. The van der Waals surface area contributed by atoms with Gasteiger partial charge < -0.3 is 5.32 Å². The molecule has 138 valence electrons. The summed E-state index contributed by atoms with van der Waals surface area (Å²) in [7, 11) is -1.33. The molecule has 0 spiro atoms. The molecular formula is C16H24N4O3S2. The molecule has 1 atom stereocenters. The van der Waals surface area contributed by atoms with Crippen molar-refractivity contribution in [2.75, 3.05) is 19.3 Å². The Balaban J connectivity index is 1.77. The van der Waals surface area contributed by atoms with Crippen LogP contribution in [-0.2, 0) is 17.1 Å². The van der Waals surface area contributed by atoms with Crippen LogP contribution in [0.1, 0.15) is 48.0 Å². The zero-order chi connectivity index (χ0) is 18.4. The van der Waals surface area contributed by atoms with Gasteiger partial charge in [0.05, 0.1) is 16.8 Å². The first-order chi connectivity index (χ1) is 11.7. The molecule has 1 amide bonds. The van der Waals surface area contributed by atoms with Crippen LogP contribution >= 0.6 is 11.3 Å². The Morgan fingerprint density at radius 1 is 1.44 bits per heavy atom. The predicted molar refractivity (Wildman–Crippen MR) is 99.6 cm³/mol. The van der Waals surface area contributed by atoms with Crippen LogP contribution in [0.5, 0.6) is 0 Å². The van der Waals surface area contributed by atoms with Crippen molar-refractivity contribution >= 4 is 37.5 Å². The highest BCUT2D eigenvalue weighted by Crippen LogP contribution is 2.31. The second-order valence-corrected chi connectivity index (χ2v) is 9.94. The monoisotopic (exact) mass is 384 g/mol. The molecule has 1 aliphatic rings. The molecule has 2 aromatic rings. The van der Waals surface area contributed by atoms with Gasteiger partial charge in [-0.25, -0.2) is 12.7 Å². The van der Waals surface area contributed by atoms with Gasteiger partial charge in [-0.1, -0.05) is 13.8 Å². The van der Waals surface area contributed by atoms with E-state index in [4.69, 9.17) is 0 Å². The highest BCUT2D eigenvalue weighted by Gasteiger charge is 2.27. The van der Waals surface area contributed by atoms with Crippen molar-refractivity contribution in [3.8, 4) is 0 Å². The summed E-state index contributed by atoms with van der Waals surface area (Å²) in [6.45, 7) is 5.04. The molecule has 0 bridgehead atoms. The van der Waals surface area contributed by atoms with Crippen LogP contribution in [0, 0.1) is 0 Å². The zero-order valence-corrected chi connectivity index (χ0v) is 16.6. The Morgan fingerprint density at radius 2 is 2.16 bits per heavy atom. The summed E-state index contributed by atoms with van der Waals surface area (Å²) in [6.07, 6.45) is 2.76. The van der Waals surface area contributed by atoms with E-state index in [0.29, 0.717) is 18.0 Å². The van der Waals surface area contributed by atoms with Crippen molar-refractivity contribution in [1.82, 2.24) is 19.4 Å². The highest BCUT2D eigenvalue weighted by atomic mass is 32.2. The average Bonchev–Trinajstić information content (AvgIpc) is 3.07. The van der Waals surface area contributed by atoms with Gasteiger partial charge in [0.2, 0.25) is 10.0 Å². The zero-order valence-electron chi connectivity index (χ0n) is 14.9. The third kappa shape index (κ3) is 3.73. The Morgan fingerprint density at radius 3 is 2.80 bits per heavy atom. The number of amides is 1. The SMILES string of the molecule is CC(C)c1nn(C)c2sc(C(=O)NC3CCCN(S(C)(=O)=O)C3)cc12. The van der Waals surface area contributed by atoms with Gasteiger partial charge in [-0.05, 0) is 24.8 Å². The van der Waals surface area contributed by atoms with Crippen LogP contribution in [0.3, 0.4) is 0 Å². The van der Waals surface area contributed by atoms with Gasteiger partial charge in [-0.3, -0.25) is 9.48 Å².